The van der Waals surface area contributed by atoms with E-state index in [1.54, 1.807) is 0 Å². The quantitative estimate of drug-likeness (QED) is 0.640. The van der Waals surface area contributed by atoms with Crippen LogP contribution in [0.25, 0.3) is 11.1 Å². The van der Waals surface area contributed by atoms with Crippen LogP contribution in [0.2, 0.25) is 0 Å². The Hall–Kier alpha value is -1.56. The second-order valence-electron chi connectivity index (χ2n) is 6.14. The van der Waals surface area contributed by atoms with Crippen LogP contribution in [0.5, 0.6) is 0 Å². The number of benzene rings is 2. The van der Waals surface area contributed by atoms with E-state index < -0.39 is 0 Å². The van der Waals surface area contributed by atoms with E-state index >= 15 is 0 Å². The van der Waals surface area contributed by atoms with Crippen LogP contribution < -0.4 is 0 Å². The normalized spacial score (nSPS) is 11.1. The molecular formula is C20H26. The van der Waals surface area contributed by atoms with Crippen LogP contribution in [0.3, 0.4) is 0 Å². The molecule has 0 fully saturated rings. The van der Waals surface area contributed by atoms with E-state index in [1.165, 1.54) is 40.7 Å². The van der Waals surface area contributed by atoms with Gasteiger partial charge in [0.05, 0.1) is 0 Å². The molecule has 0 bridgehead atoms. The second kappa shape index (κ2) is 6.74. The Morgan fingerprint density at radius 1 is 0.950 bits per heavy atom. The summed E-state index contributed by atoms with van der Waals surface area (Å²) in [4.78, 5) is 0. The fourth-order valence-corrected chi connectivity index (χ4v) is 2.55. The van der Waals surface area contributed by atoms with Crippen molar-refractivity contribution in [1.29, 1.82) is 0 Å². The van der Waals surface area contributed by atoms with Crippen molar-refractivity contribution < 1.29 is 0 Å². The van der Waals surface area contributed by atoms with E-state index in [0.29, 0.717) is 0 Å². The van der Waals surface area contributed by atoms with Crippen molar-refractivity contribution in [2.24, 2.45) is 5.92 Å². The second-order valence-corrected chi connectivity index (χ2v) is 6.14. The van der Waals surface area contributed by atoms with Crippen molar-refractivity contribution in [3.8, 4) is 11.1 Å². The highest BCUT2D eigenvalue weighted by molar-refractivity contribution is 5.68. The van der Waals surface area contributed by atoms with Gasteiger partial charge < -0.3 is 0 Å². The highest BCUT2D eigenvalue weighted by atomic mass is 14.1. The van der Waals surface area contributed by atoms with Crippen molar-refractivity contribution in [2.75, 3.05) is 0 Å². The molecule has 20 heavy (non-hydrogen) atoms. The molecule has 0 aliphatic heterocycles. The van der Waals surface area contributed by atoms with E-state index in [9.17, 15) is 0 Å². The summed E-state index contributed by atoms with van der Waals surface area (Å²) in [5.74, 6) is 0.767. The minimum Gasteiger partial charge on any atom is -0.0628 e. The summed E-state index contributed by atoms with van der Waals surface area (Å²) in [7, 11) is 0. The van der Waals surface area contributed by atoms with Gasteiger partial charge in [0.25, 0.3) is 0 Å². The third kappa shape index (κ3) is 3.72. The zero-order valence-electron chi connectivity index (χ0n) is 13.2. The summed E-state index contributed by atoms with van der Waals surface area (Å²) in [5, 5.41) is 0. The maximum atomic E-state index is 2.38. The summed E-state index contributed by atoms with van der Waals surface area (Å²) in [6.45, 7) is 9.00. The maximum Gasteiger partial charge on any atom is -0.0152 e. The Bertz CT molecular complexity index is 564. The smallest absolute Gasteiger partial charge is 0.0152 e. The van der Waals surface area contributed by atoms with E-state index in [1.807, 2.05) is 0 Å². The Balaban J connectivity index is 2.32. The summed E-state index contributed by atoms with van der Waals surface area (Å²) in [6, 6.07) is 15.9. The standard InChI is InChI=1S/C20H26/c1-5-17-7-6-8-19(13-17)20-14-18(11-9-15(2)3)12-10-16(20)4/h6-8,10,12-15H,5,9,11H2,1-4H3. The summed E-state index contributed by atoms with van der Waals surface area (Å²) < 4.78 is 0. The number of hydrogen-bond donors (Lipinski definition) is 0. The van der Waals surface area contributed by atoms with Gasteiger partial charge in [-0.1, -0.05) is 63.2 Å². The molecule has 0 spiro atoms. The van der Waals surface area contributed by atoms with E-state index in [-0.39, 0.29) is 0 Å². The van der Waals surface area contributed by atoms with E-state index in [0.717, 1.165) is 12.3 Å². The van der Waals surface area contributed by atoms with Crippen LogP contribution >= 0.6 is 0 Å². The van der Waals surface area contributed by atoms with Crippen LogP contribution in [0, 0.1) is 12.8 Å². The number of rotatable bonds is 5. The van der Waals surface area contributed by atoms with Gasteiger partial charge in [0.2, 0.25) is 0 Å². The molecule has 0 saturated heterocycles. The molecule has 2 aromatic rings. The van der Waals surface area contributed by atoms with Crippen LogP contribution in [0.1, 0.15) is 43.9 Å². The van der Waals surface area contributed by atoms with Crippen molar-refractivity contribution in [3.63, 3.8) is 0 Å². The van der Waals surface area contributed by atoms with Gasteiger partial charge in [0, 0.05) is 0 Å². The summed E-state index contributed by atoms with van der Waals surface area (Å²) in [6.07, 6.45) is 3.54. The fourth-order valence-electron chi connectivity index (χ4n) is 2.55. The minimum absolute atomic E-state index is 0.767. The van der Waals surface area contributed by atoms with Crippen LogP contribution in [-0.2, 0) is 12.8 Å². The lowest BCUT2D eigenvalue weighted by Gasteiger charge is -2.11. The predicted octanol–water partition coefficient (Wildman–Crippen LogP) is 5.81. The van der Waals surface area contributed by atoms with Gasteiger partial charge in [-0.05, 0) is 59.9 Å². The number of aryl methyl sites for hydroxylation is 3. The maximum absolute atomic E-state index is 2.38. The largest absolute Gasteiger partial charge is 0.0628 e. The first kappa shape index (κ1) is 14.8. The third-order valence-corrected chi connectivity index (χ3v) is 3.96. The van der Waals surface area contributed by atoms with Gasteiger partial charge in [0.1, 0.15) is 0 Å². The molecule has 0 amide bonds. The molecule has 0 saturated carbocycles. The van der Waals surface area contributed by atoms with Gasteiger partial charge in [0.15, 0.2) is 0 Å². The van der Waals surface area contributed by atoms with Gasteiger partial charge in [-0.25, -0.2) is 0 Å². The van der Waals surface area contributed by atoms with Gasteiger partial charge in [-0.3, -0.25) is 0 Å². The van der Waals surface area contributed by atoms with Crippen molar-refractivity contribution in [1.82, 2.24) is 0 Å². The highest BCUT2D eigenvalue weighted by Gasteiger charge is 2.05. The molecule has 0 heterocycles. The Morgan fingerprint density at radius 2 is 1.75 bits per heavy atom. The molecule has 106 valence electrons. The summed E-state index contributed by atoms with van der Waals surface area (Å²) in [5.41, 5.74) is 6.98. The van der Waals surface area contributed by atoms with Crippen LogP contribution in [-0.4, -0.2) is 0 Å². The van der Waals surface area contributed by atoms with Crippen LogP contribution in [0.4, 0.5) is 0 Å². The molecule has 0 N–H and O–H groups in total. The average molecular weight is 266 g/mol. The Morgan fingerprint density at radius 3 is 2.45 bits per heavy atom. The molecule has 0 nitrogen and oxygen atoms in total. The zero-order chi connectivity index (χ0) is 14.5. The molecule has 2 rings (SSSR count). The zero-order valence-corrected chi connectivity index (χ0v) is 13.2. The fraction of sp³-hybridized carbons (Fsp3) is 0.400. The van der Waals surface area contributed by atoms with Gasteiger partial charge in [-0.2, -0.15) is 0 Å². The first-order valence-electron chi connectivity index (χ1n) is 7.79. The summed E-state index contributed by atoms with van der Waals surface area (Å²) >= 11 is 0. The Labute approximate surface area is 123 Å². The molecule has 2 aromatic carbocycles. The molecule has 0 aliphatic carbocycles. The molecule has 0 radical (unpaired) electrons. The van der Waals surface area contributed by atoms with Gasteiger partial charge >= 0.3 is 0 Å². The van der Waals surface area contributed by atoms with E-state index in [2.05, 4.69) is 70.2 Å². The molecule has 0 heteroatoms. The first-order valence-corrected chi connectivity index (χ1v) is 7.79. The SMILES string of the molecule is CCc1cccc(-c2cc(CCC(C)C)ccc2C)c1. The monoisotopic (exact) mass is 266 g/mol. The average Bonchev–Trinajstić information content (AvgIpc) is 2.46. The molecular weight excluding hydrogens is 240 g/mol. The van der Waals surface area contributed by atoms with Gasteiger partial charge in [-0.15, -0.1) is 0 Å². The van der Waals surface area contributed by atoms with E-state index in [4.69, 9.17) is 0 Å². The molecule has 0 aromatic heterocycles. The lowest BCUT2D eigenvalue weighted by atomic mass is 9.94. The molecule has 0 atom stereocenters. The molecule has 0 unspecified atom stereocenters. The van der Waals surface area contributed by atoms with Crippen LogP contribution in [0.15, 0.2) is 42.5 Å². The predicted molar refractivity (Wildman–Crippen MR) is 89.2 cm³/mol. The third-order valence-electron chi connectivity index (χ3n) is 3.96. The topological polar surface area (TPSA) is 0 Å². The van der Waals surface area contributed by atoms with Crippen molar-refractivity contribution in [2.45, 2.75) is 47.0 Å². The van der Waals surface area contributed by atoms with Crippen molar-refractivity contribution >= 4 is 0 Å². The molecule has 0 aliphatic rings. The lowest BCUT2D eigenvalue weighted by molar-refractivity contribution is 0.587. The first-order chi connectivity index (χ1) is 9.60. The van der Waals surface area contributed by atoms with Crippen molar-refractivity contribution in [3.05, 3.63) is 59.2 Å². The Kier molecular flexibility index (Phi) is 5.00. The lowest BCUT2D eigenvalue weighted by Crippen LogP contribution is -1.94. The minimum atomic E-state index is 0.767. The highest BCUT2D eigenvalue weighted by Crippen LogP contribution is 2.26. The number of hydrogen-bond acceptors (Lipinski definition) is 0.